The lowest BCUT2D eigenvalue weighted by atomic mass is 9.84. The van der Waals surface area contributed by atoms with Gasteiger partial charge in [0.25, 0.3) is 0 Å². The predicted octanol–water partition coefficient (Wildman–Crippen LogP) is 7.78. The third kappa shape index (κ3) is 11.8. The third-order valence-corrected chi connectivity index (χ3v) is 49.8. The molecule has 344 valence electrons. The Hall–Kier alpha value is 1.14. The lowest BCUT2D eigenvalue weighted by Crippen LogP contribution is -2.89. The van der Waals surface area contributed by atoms with Crippen LogP contribution in [-0.4, -0.2) is 99.7 Å². The average molecular weight is 976 g/mol. The van der Waals surface area contributed by atoms with E-state index in [4.69, 9.17) is 53.8 Å². The largest absolute Gasteiger partial charge is 0.657 e. The summed E-state index contributed by atoms with van der Waals surface area (Å²) in [5, 5.41) is 20.9. The molecule has 7 rings (SSSR count). The molecule has 2 N–H and O–H groups in total. The van der Waals surface area contributed by atoms with E-state index in [1.807, 2.05) is 0 Å². The van der Waals surface area contributed by atoms with Gasteiger partial charge in [0.1, 0.15) is 0 Å². The van der Waals surface area contributed by atoms with Gasteiger partial charge >= 0.3 is 70.7 Å². The van der Waals surface area contributed by atoms with Crippen LogP contribution in [0.5, 0.6) is 0 Å². The summed E-state index contributed by atoms with van der Waals surface area (Å²) in [5.74, 6) is 0.582. The van der Waals surface area contributed by atoms with E-state index in [1.54, 1.807) is 0 Å². The molecule has 0 spiro atoms. The Bertz CT molecular complexity index is 1280. The summed E-state index contributed by atoms with van der Waals surface area (Å²) in [7, 11) is -32.7. The van der Waals surface area contributed by atoms with Gasteiger partial charge < -0.3 is 64.0 Å². The maximum atomic E-state index is 10.6. The van der Waals surface area contributed by atoms with Gasteiger partial charge in [-0.3, -0.25) is 0 Å². The Labute approximate surface area is 364 Å². The molecule has 1 aliphatic carbocycles. The summed E-state index contributed by atoms with van der Waals surface area (Å²) < 4.78 is 99.8. The van der Waals surface area contributed by atoms with E-state index >= 15 is 0 Å². The molecule has 0 aromatic rings. The van der Waals surface area contributed by atoms with E-state index in [9.17, 15) is 10.2 Å². The lowest BCUT2D eigenvalue weighted by molar-refractivity contribution is -0.0646. The molecule has 0 unspecified atom stereocenters. The smallest absolute Gasteiger partial charge is 0.390 e. The minimum Gasteiger partial charge on any atom is -0.390 e. The van der Waals surface area contributed by atoms with Gasteiger partial charge in [0.05, 0.1) is 12.2 Å². The van der Waals surface area contributed by atoms with Gasteiger partial charge in [0.2, 0.25) is 0 Å². The summed E-state index contributed by atoms with van der Waals surface area (Å²) in [5.41, 5.74) is 0. The van der Waals surface area contributed by atoms with E-state index in [2.05, 4.69) is 96.9 Å². The first-order chi connectivity index (χ1) is 27.3. The van der Waals surface area contributed by atoms with Crippen LogP contribution in [0.1, 0.15) is 123 Å². The fourth-order valence-corrected chi connectivity index (χ4v) is 59.2. The number of hydrogen-bond donors (Lipinski definition) is 2. The number of aliphatic hydroxyl groups excluding tert-OH is 2. The molecule has 0 aromatic heterocycles. The Morgan fingerprint density at radius 2 is 0.644 bits per heavy atom. The van der Waals surface area contributed by atoms with E-state index < -0.39 is 82.9 Å². The maximum absolute atomic E-state index is 10.6. The van der Waals surface area contributed by atoms with Crippen LogP contribution in [0, 0.1) is 47.3 Å². The lowest BCUT2D eigenvalue weighted by Gasteiger charge is -2.63. The van der Waals surface area contributed by atoms with Gasteiger partial charge in [-0.05, 0) is 73.0 Å². The fourth-order valence-electron chi connectivity index (χ4n) is 9.50. The highest BCUT2D eigenvalue weighted by Crippen LogP contribution is 2.55. The highest BCUT2D eigenvalue weighted by molar-refractivity contribution is 7.02. The fraction of sp³-hybridized carbons (Fsp3) is 1.00. The first-order valence-corrected chi connectivity index (χ1v) is 37.9. The molecule has 6 saturated heterocycles. The van der Waals surface area contributed by atoms with E-state index in [1.165, 1.54) is 0 Å². The first kappa shape index (κ1) is 49.6. The summed E-state index contributed by atoms with van der Waals surface area (Å²) in [6.07, 6.45) is 0.838. The van der Waals surface area contributed by atoms with Crippen molar-refractivity contribution in [3.8, 4) is 0 Å². The Kier molecular flexibility index (Phi) is 15.5. The first-order valence-electron chi connectivity index (χ1n) is 22.7. The quantitative estimate of drug-likeness (QED) is 0.128. The molecule has 6 heterocycles. The molecule has 23 heteroatoms. The van der Waals surface area contributed by atoms with Crippen LogP contribution in [0.3, 0.4) is 0 Å². The molecule has 59 heavy (non-hydrogen) atoms. The summed E-state index contributed by atoms with van der Waals surface area (Å²) >= 11 is 0. The van der Waals surface area contributed by atoms with Crippen molar-refractivity contribution in [2.45, 2.75) is 177 Å². The Morgan fingerprint density at radius 1 is 0.390 bits per heavy atom. The molecular weight excluding hydrogens is 897 g/mol. The van der Waals surface area contributed by atoms with Gasteiger partial charge in [0.15, 0.2) is 0 Å². The van der Waals surface area contributed by atoms with Crippen molar-refractivity contribution in [3.63, 3.8) is 0 Å². The zero-order chi connectivity index (χ0) is 43.5. The minimum atomic E-state index is -4.52. The molecule has 7 fully saturated rings. The predicted molar refractivity (Wildman–Crippen MR) is 236 cm³/mol. The van der Waals surface area contributed by atoms with Crippen molar-refractivity contribution in [3.05, 3.63) is 0 Å². The molecule has 15 nitrogen and oxygen atoms in total. The monoisotopic (exact) mass is 974 g/mol. The second kappa shape index (κ2) is 18.4. The van der Waals surface area contributed by atoms with Crippen LogP contribution >= 0.6 is 0 Å². The van der Waals surface area contributed by atoms with Gasteiger partial charge in [-0.2, -0.15) is 0 Å². The molecule has 3 atom stereocenters. The normalized spacial score (nSPS) is 43.7. The second-order valence-electron chi connectivity index (χ2n) is 21.1. The molecule has 8 bridgehead atoms. The van der Waals surface area contributed by atoms with Crippen molar-refractivity contribution in [1.82, 2.24) is 0 Å². The molecule has 0 radical (unpaired) electrons. The molecule has 7 aliphatic rings. The molecule has 1 saturated carbocycles. The minimum absolute atomic E-state index is 0.0435. The van der Waals surface area contributed by atoms with Crippen molar-refractivity contribution < 1.29 is 64.0 Å². The number of hydrogen-bond acceptors (Lipinski definition) is 15. The van der Waals surface area contributed by atoms with Crippen LogP contribution in [0.2, 0.25) is 42.3 Å². The zero-order valence-corrected chi connectivity index (χ0v) is 46.5. The van der Waals surface area contributed by atoms with Crippen molar-refractivity contribution in [2.24, 2.45) is 47.3 Å². The van der Waals surface area contributed by atoms with Gasteiger partial charge in [0, 0.05) is 48.9 Å². The average Bonchev–Trinajstić information content (AvgIpc) is 2.96. The Balaban J connectivity index is 1.66. The molecule has 0 amide bonds. The summed E-state index contributed by atoms with van der Waals surface area (Å²) in [4.78, 5) is 0. The molecular formula is C36H78O15Si8. The number of aliphatic hydroxyl groups is 2. The standard InChI is InChI=1S/C36H78O15Si8/c1-27(2)20-52-40-53(21-28(3)4)43-56(24-31(9)10)45-54(41-52,22-29(5)6)47-58(26-33(13)14)48-55(42-52,23-30(7)8)46-57(44-53,25-32(11)12)50-59(49-56,51-58)39-18-17-34-15-16-35(37)36(38)19-34/h27-38H,15-26H2,1-14H3/t34-,35-,36-,52?,53?,54?,55?,56?,57?,58?,59?/m1/s1. The van der Waals surface area contributed by atoms with Gasteiger partial charge in [-0.25, -0.2) is 0 Å². The van der Waals surface area contributed by atoms with Crippen LogP contribution in [0.4, 0.5) is 0 Å². The second-order valence-corrected chi connectivity index (χ2v) is 44.6. The van der Waals surface area contributed by atoms with E-state index in [0.717, 1.165) is 6.42 Å². The van der Waals surface area contributed by atoms with Crippen LogP contribution in [0.15, 0.2) is 0 Å². The van der Waals surface area contributed by atoms with Crippen molar-refractivity contribution >= 4 is 70.7 Å². The van der Waals surface area contributed by atoms with Crippen LogP contribution in [-0.2, 0) is 53.8 Å². The topological polar surface area (TPSA) is 160 Å². The number of rotatable bonds is 18. The SMILES string of the molecule is CC(C)C[Si]12O[Si]3(CC(C)C)O[Si]4(CC(C)C)O[Si](CC(C)C)(O1)O[Si]1(CC(C)C)O[Si](CC(C)C)(O2)O[Si](CC(C)C)(O3)O[Si](OCC[C@H]2CC[C@@H](O)[C@H](O)C2)(O4)O1. The molecule has 6 aliphatic heterocycles. The summed E-state index contributed by atoms with van der Waals surface area (Å²) in [6, 6.07) is 2.91. The maximum Gasteiger partial charge on any atom is 0.657 e. The summed E-state index contributed by atoms with van der Waals surface area (Å²) in [6.45, 7) is 30.1. The zero-order valence-electron chi connectivity index (χ0n) is 38.5. The van der Waals surface area contributed by atoms with Gasteiger partial charge in [-0.1, -0.05) is 96.9 Å². The van der Waals surface area contributed by atoms with Crippen molar-refractivity contribution in [1.29, 1.82) is 0 Å². The van der Waals surface area contributed by atoms with Crippen LogP contribution < -0.4 is 0 Å². The third-order valence-electron chi connectivity index (χ3n) is 10.9. The highest BCUT2D eigenvalue weighted by Gasteiger charge is 2.84. The van der Waals surface area contributed by atoms with E-state index in [-0.39, 0.29) is 54.0 Å². The van der Waals surface area contributed by atoms with Gasteiger partial charge in [-0.15, -0.1) is 0 Å². The molecule has 0 aromatic carbocycles. The van der Waals surface area contributed by atoms with Crippen LogP contribution in [0.25, 0.3) is 0 Å². The van der Waals surface area contributed by atoms with E-state index in [0.29, 0.717) is 61.6 Å². The van der Waals surface area contributed by atoms with Crippen molar-refractivity contribution in [2.75, 3.05) is 6.61 Å². The highest BCUT2D eigenvalue weighted by atomic mass is 28.6. The Morgan fingerprint density at radius 3 is 0.881 bits per heavy atom.